The van der Waals surface area contributed by atoms with Crippen LogP contribution >= 0.6 is 23.2 Å². The van der Waals surface area contributed by atoms with E-state index < -0.39 is 0 Å². The molecular weight excluding hydrogens is 295 g/mol. The molecular formula is C16H10Cl2O2. The van der Waals surface area contributed by atoms with Crippen LogP contribution in [0.25, 0.3) is 0 Å². The normalized spacial score (nSPS) is 19.4. The summed E-state index contributed by atoms with van der Waals surface area (Å²) >= 11 is 11.8. The van der Waals surface area contributed by atoms with Gasteiger partial charge >= 0.3 is 0 Å². The Labute approximate surface area is 126 Å². The Morgan fingerprint density at radius 2 is 1.65 bits per heavy atom. The number of allylic oxidation sites excluding steroid dienone is 1. The Hall–Kier alpha value is -1.77. The first-order valence-electron chi connectivity index (χ1n) is 6.05. The molecule has 1 unspecified atom stereocenters. The van der Waals surface area contributed by atoms with E-state index in [2.05, 4.69) is 0 Å². The van der Waals surface area contributed by atoms with E-state index in [1.807, 2.05) is 18.2 Å². The van der Waals surface area contributed by atoms with Gasteiger partial charge in [-0.3, -0.25) is 4.79 Å². The lowest BCUT2D eigenvalue weighted by Crippen LogP contribution is -2.02. The van der Waals surface area contributed by atoms with E-state index in [4.69, 9.17) is 23.2 Å². The van der Waals surface area contributed by atoms with E-state index in [1.165, 1.54) is 0 Å². The van der Waals surface area contributed by atoms with Crippen LogP contribution in [0.4, 0.5) is 0 Å². The lowest BCUT2D eigenvalue weighted by molar-refractivity contribution is 0.103. The highest BCUT2D eigenvalue weighted by atomic mass is 35.5. The van der Waals surface area contributed by atoms with Gasteiger partial charge in [0.2, 0.25) is 0 Å². The third-order valence-electron chi connectivity index (χ3n) is 3.49. The standard InChI is InChI=1S/C16H10Cl2O2/c17-10-3-1-9(2-4-10)15-12-6-5-11(18)7-13(12)16(20)14(15)8-19/h1-8,15,19H. The van der Waals surface area contributed by atoms with Crippen molar-refractivity contribution in [3.8, 4) is 0 Å². The van der Waals surface area contributed by atoms with Crippen LogP contribution in [0, 0.1) is 0 Å². The lowest BCUT2D eigenvalue weighted by atomic mass is 9.90. The van der Waals surface area contributed by atoms with Gasteiger partial charge in [-0.15, -0.1) is 0 Å². The zero-order valence-electron chi connectivity index (χ0n) is 10.3. The number of ketones is 1. The summed E-state index contributed by atoms with van der Waals surface area (Å²) in [4.78, 5) is 12.3. The maximum Gasteiger partial charge on any atom is 0.193 e. The van der Waals surface area contributed by atoms with Gasteiger partial charge < -0.3 is 5.11 Å². The molecule has 4 heteroatoms. The molecule has 0 aromatic heterocycles. The van der Waals surface area contributed by atoms with Crippen LogP contribution in [-0.4, -0.2) is 10.9 Å². The molecule has 2 nitrogen and oxygen atoms in total. The Morgan fingerprint density at radius 1 is 1.00 bits per heavy atom. The molecule has 2 aromatic rings. The second kappa shape index (κ2) is 4.97. The number of benzene rings is 2. The number of aliphatic hydroxyl groups excluding tert-OH is 1. The van der Waals surface area contributed by atoms with Gasteiger partial charge in [0.05, 0.1) is 6.26 Å². The third-order valence-corrected chi connectivity index (χ3v) is 3.97. The topological polar surface area (TPSA) is 37.3 Å². The van der Waals surface area contributed by atoms with Crippen LogP contribution in [-0.2, 0) is 0 Å². The molecule has 0 fully saturated rings. The zero-order valence-corrected chi connectivity index (χ0v) is 11.8. The number of carbonyl (C=O) groups is 1. The van der Waals surface area contributed by atoms with Crippen molar-refractivity contribution in [1.29, 1.82) is 0 Å². The first kappa shape index (κ1) is 13.2. The van der Waals surface area contributed by atoms with Crippen LogP contribution in [0.15, 0.2) is 54.3 Å². The molecule has 0 radical (unpaired) electrons. The van der Waals surface area contributed by atoms with Crippen LogP contribution < -0.4 is 0 Å². The molecule has 0 bridgehead atoms. The monoisotopic (exact) mass is 304 g/mol. The van der Waals surface area contributed by atoms with E-state index in [0.717, 1.165) is 17.4 Å². The first-order chi connectivity index (χ1) is 9.61. The average molecular weight is 305 g/mol. The molecule has 1 aliphatic rings. The van der Waals surface area contributed by atoms with Crippen molar-refractivity contribution < 1.29 is 9.90 Å². The maximum absolute atomic E-state index is 12.3. The van der Waals surface area contributed by atoms with Gasteiger partial charge in [0.25, 0.3) is 0 Å². The molecule has 20 heavy (non-hydrogen) atoms. The zero-order chi connectivity index (χ0) is 14.3. The van der Waals surface area contributed by atoms with E-state index in [9.17, 15) is 9.90 Å². The number of rotatable bonds is 1. The largest absolute Gasteiger partial charge is 0.515 e. The minimum Gasteiger partial charge on any atom is -0.515 e. The Balaban J connectivity index is 2.20. The van der Waals surface area contributed by atoms with Gasteiger partial charge in [-0.25, -0.2) is 0 Å². The SMILES string of the molecule is O=C1C(=CO)C(c2ccc(Cl)cc2)c2ccc(Cl)cc21. The minimum absolute atomic E-state index is 0.190. The molecule has 1 atom stereocenters. The van der Waals surface area contributed by atoms with Crippen LogP contribution in [0.3, 0.4) is 0 Å². The van der Waals surface area contributed by atoms with Gasteiger partial charge in [0.15, 0.2) is 5.78 Å². The second-order valence-corrected chi connectivity index (χ2v) is 5.50. The van der Waals surface area contributed by atoms with Crippen molar-refractivity contribution in [2.75, 3.05) is 0 Å². The highest BCUT2D eigenvalue weighted by Gasteiger charge is 2.35. The van der Waals surface area contributed by atoms with Crippen molar-refractivity contribution in [1.82, 2.24) is 0 Å². The van der Waals surface area contributed by atoms with Gasteiger partial charge in [0, 0.05) is 27.1 Å². The molecule has 100 valence electrons. The predicted octanol–water partition coefficient (Wildman–Crippen LogP) is 4.76. The van der Waals surface area contributed by atoms with E-state index in [1.54, 1.807) is 24.3 Å². The van der Waals surface area contributed by atoms with Crippen molar-refractivity contribution in [3.63, 3.8) is 0 Å². The molecule has 0 spiro atoms. The molecule has 0 saturated carbocycles. The van der Waals surface area contributed by atoms with Gasteiger partial charge in [0.1, 0.15) is 0 Å². The van der Waals surface area contributed by atoms with E-state index >= 15 is 0 Å². The summed E-state index contributed by atoms with van der Waals surface area (Å²) < 4.78 is 0. The number of halogens is 2. The fraction of sp³-hybridized carbons (Fsp3) is 0.0625. The Morgan fingerprint density at radius 3 is 2.30 bits per heavy atom. The van der Waals surface area contributed by atoms with E-state index in [-0.39, 0.29) is 11.7 Å². The summed E-state index contributed by atoms with van der Waals surface area (Å²) in [7, 11) is 0. The first-order valence-corrected chi connectivity index (χ1v) is 6.81. The predicted molar refractivity (Wildman–Crippen MR) is 79.8 cm³/mol. The molecule has 1 N–H and O–H groups in total. The fourth-order valence-electron chi connectivity index (χ4n) is 2.58. The Bertz CT molecular complexity index is 718. The van der Waals surface area contributed by atoms with Crippen LogP contribution in [0.1, 0.15) is 27.4 Å². The van der Waals surface area contributed by atoms with E-state index in [0.29, 0.717) is 21.2 Å². The summed E-state index contributed by atoms with van der Waals surface area (Å²) in [5, 5.41) is 10.6. The van der Waals surface area contributed by atoms with Gasteiger partial charge in [-0.05, 0) is 35.4 Å². The van der Waals surface area contributed by atoms with Crippen LogP contribution in [0.2, 0.25) is 10.0 Å². The third kappa shape index (κ3) is 2.01. The van der Waals surface area contributed by atoms with Gasteiger partial charge in [-0.1, -0.05) is 41.4 Å². The summed E-state index contributed by atoms with van der Waals surface area (Å²) in [5.74, 6) is -0.470. The number of Topliss-reactive ketones (excluding diaryl/α,β-unsaturated/α-hetero) is 1. The van der Waals surface area contributed by atoms with Gasteiger partial charge in [-0.2, -0.15) is 0 Å². The molecule has 0 heterocycles. The smallest absolute Gasteiger partial charge is 0.193 e. The number of aliphatic hydroxyl groups is 1. The van der Waals surface area contributed by atoms with Crippen molar-refractivity contribution >= 4 is 29.0 Å². The number of carbonyl (C=O) groups excluding carboxylic acids is 1. The highest BCUT2D eigenvalue weighted by Crippen LogP contribution is 2.42. The molecule has 2 aromatic carbocycles. The lowest BCUT2D eigenvalue weighted by Gasteiger charge is -2.12. The maximum atomic E-state index is 12.3. The summed E-state index contributed by atoms with van der Waals surface area (Å²) in [6.45, 7) is 0. The number of hydrogen-bond donors (Lipinski definition) is 1. The number of hydrogen-bond acceptors (Lipinski definition) is 2. The minimum atomic E-state index is -0.281. The molecule has 0 saturated heterocycles. The number of fused-ring (bicyclic) bond motifs is 1. The average Bonchev–Trinajstić information content (AvgIpc) is 2.72. The second-order valence-electron chi connectivity index (χ2n) is 4.63. The van der Waals surface area contributed by atoms with Crippen molar-refractivity contribution in [2.45, 2.75) is 5.92 Å². The molecule has 3 rings (SSSR count). The van der Waals surface area contributed by atoms with Crippen molar-refractivity contribution in [2.24, 2.45) is 0 Å². The molecule has 0 amide bonds. The fourth-order valence-corrected chi connectivity index (χ4v) is 2.88. The van der Waals surface area contributed by atoms with Crippen LogP contribution in [0.5, 0.6) is 0 Å². The summed E-state index contributed by atoms with van der Waals surface area (Å²) in [6, 6.07) is 12.5. The molecule has 0 aliphatic heterocycles. The summed E-state index contributed by atoms with van der Waals surface area (Å²) in [5.41, 5.74) is 2.65. The quantitative estimate of drug-likeness (QED) is 0.609. The van der Waals surface area contributed by atoms with Crippen molar-refractivity contribution in [3.05, 3.63) is 81.0 Å². The summed E-state index contributed by atoms with van der Waals surface area (Å²) in [6.07, 6.45) is 0.884. The Kier molecular flexibility index (Phi) is 3.28. The molecule has 1 aliphatic carbocycles. The highest BCUT2D eigenvalue weighted by molar-refractivity contribution is 6.31.